The third-order valence-electron chi connectivity index (χ3n) is 5.92. The fraction of sp³-hybridized carbons (Fsp3) is 0.286. The van der Waals surface area contributed by atoms with Crippen LogP contribution >= 0.6 is 0 Å². The normalized spacial score (nSPS) is 12.9. The van der Waals surface area contributed by atoms with Gasteiger partial charge in [-0.25, -0.2) is 17.6 Å². The summed E-state index contributed by atoms with van der Waals surface area (Å²) < 4.78 is 94.6. The zero-order valence-corrected chi connectivity index (χ0v) is 19.3. The third-order valence-corrected chi connectivity index (χ3v) is 5.92. The topological polar surface area (TPSA) is 0 Å². The minimum atomic E-state index is -4.71. The van der Waals surface area contributed by atoms with Crippen molar-refractivity contribution in [3.8, 4) is 11.1 Å². The van der Waals surface area contributed by atoms with E-state index in [0.717, 1.165) is 30.5 Å². The predicted molar refractivity (Wildman–Crippen MR) is 124 cm³/mol. The van der Waals surface area contributed by atoms with Gasteiger partial charge in [-0.1, -0.05) is 44.5 Å². The van der Waals surface area contributed by atoms with Gasteiger partial charge in [0.1, 0.15) is 23.3 Å². The molecule has 1 atom stereocenters. The van der Waals surface area contributed by atoms with Crippen molar-refractivity contribution in [1.29, 1.82) is 0 Å². The molecule has 0 aliphatic carbocycles. The summed E-state index contributed by atoms with van der Waals surface area (Å²) in [5.74, 6) is -3.56. The second-order valence-electron chi connectivity index (χ2n) is 8.58. The molecule has 186 valence electrons. The number of hydrogen-bond donors (Lipinski definition) is 0. The van der Waals surface area contributed by atoms with E-state index < -0.39 is 35.0 Å². The Morgan fingerprint density at radius 1 is 0.771 bits per heavy atom. The van der Waals surface area contributed by atoms with E-state index in [-0.39, 0.29) is 30.0 Å². The zero-order chi connectivity index (χ0) is 25.8. The van der Waals surface area contributed by atoms with Gasteiger partial charge in [-0.15, -0.1) is 0 Å². The first-order valence-electron chi connectivity index (χ1n) is 11.3. The summed E-state index contributed by atoms with van der Waals surface area (Å²) in [4.78, 5) is 0. The van der Waals surface area contributed by atoms with Crippen LogP contribution in [0.2, 0.25) is 0 Å². The molecular weight excluding hydrogens is 469 g/mol. The molecule has 0 aromatic heterocycles. The van der Waals surface area contributed by atoms with Crippen molar-refractivity contribution >= 4 is 6.08 Å². The number of rotatable bonds is 8. The molecule has 1 unspecified atom stereocenters. The van der Waals surface area contributed by atoms with Crippen molar-refractivity contribution in [2.45, 2.75) is 51.6 Å². The van der Waals surface area contributed by atoms with Crippen LogP contribution in [0.25, 0.3) is 17.2 Å². The van der Waals surface area contributed by atoms with Crippen molar-refractivity contribution in [2.75, 3.05) is 0 Å². The Kier molecular flexibility index (Phi) is 8.41. The number of benzene rings is 3. The monoisotopic (exact) mass is 494 g/mol. The van der Waals surface area contributed by atoms with Crippen LogP contribution in [0.1, 0.15) is 54.9 Å². The SMILES string of the molecule is CCCC(C)c1ccc(-c2cc(F)c(CCc3cc(F)c(/C=C/C(F)(F)F)c(F)c3)c(F)c2)cc1. The molecule has 0 spiro atoms. The zero-order valence-electron chi connectivity index (χ0n) is 19.3. The van der Waals surface area contributed by atoms with Gasteiger partial charge in [0.25, 0.3) is 0 Å². The Balaban J connectivity index is 1.76. The van der Waals surface area contributed by atoms with E-state index in [1.165, 1.54) is 12.1 Å². The maximum Gasteiger partial charge on any atom is 0.409 e. The van der Waals surface area contributed by atoms with Crippen LogP contribution in [0.5, 0.6) is 0 Å². The summed E-state index contributed by atoms with van der Waals surface area (Å²) in [6, 6.07) is 11.7. The van der Waals surface area contributed by atoms with Gasteiger partial charge in [0.2, 0.25) is 0 Å². The Morgan fingerprint density at radius 2 is 1.34 bits per heavy atom. The van der Waals surface area contributed by atoms with E-state index in [1.54, 1.807) is 0 Å². The molecule has 3 rings (SSSR count). The molecule has 0 radical (unpaired) electrons. The highest BCUT2D eigenvalue weighted by Gasteiger charge is 2.23. The van der Waals surface area contributed by atoms with Gasteiger partial charge in [0.15, 0.2) is 0 Å². The Labute approximate surface area is 200 Å². The lowest BCUT2D eigenvalue weighted by atomic mass is 9.93. The van der Waals surface area contributed by atoms with Crippen molar-refractivity contribution in [2.24, 2.45) is 0 Å². The van der Waals surface area contributed by atoms with Crippen molar-refractivity contribution in [3.05, 3.63) is 100 Å². The van der Waals surface area contributed by atoms with Crippen LogP contribution in [0, 0.1) is 23.3 Å². The molecule has 0 saturated heterocycles. The fourth-order valence-corrected chi connectivity index (χ4v) is 4.00. The second-order valence-corrected chi connectivity index (χ2v) is 8.58. The van der Waals surface area contributed by atoms with Crippen LogP contribution in [-0.4, -0.2) is 6.18 Å². The number of hydrogen-bond acceptors (Lipinski definition) is 0. The number of aryl methyl sites for hydroxylation is 1. The molecule has 0 N–H and O–H groups in total. The molecule has 7 heteroatoms. The van der Waals surface area contributed by atoms with E-state index in [9.17, 15) is 30.7 Å². The molecule has 0 saturated carbocycles. The lowest BCUT2D eigenvalue weighted by Gasteiger charge is -2.12. The summed E-state index contributed by atoms with van der Waals surface area (Å²) >= 11 is 0. The maximum atomic E-state index is 14.7. The lowest BCUT2D eigenvalue weighted by Crippen LogP contribution is -2.03. The average molecular weight is 494 g/mol. The van der Waals surface area contributed by atoms with E-state index in [1.807, 2.05) is 24.3 Å². The fourth-order valence-electron chi connectivity index (χ4n) is 4.00. The lowest BCUT2D eigenvalue weighted by molar-refractivity contribution is -0.0790. The number of allylic oxidation sites excluding steroid dienone is 1. The molecule has 0 aliphatic rings. The van der Waals surface area contributed by atoms with E-state index in [0.29, 0.717) is 23.1 Å². The molecule has 3 aromatic rings. The highest BCUT2D eigenvalue weighted by molar-refractivity contribution is 5.64. The number of alkyl halides is 3. The Hall–Kier alpha value is -3.09. The van der Waals surface area contributed by atoms with Gasteiger partial charge in [0, 0.05) is 17.2 Å². The molecule has 0 fully saturated rings. The van der Waals surface area contributed by atoms with E-state index in [2.05, 4.69) is 13.8 Å². The molecular formula is C28H25F7. The van der Waals surface area contributed by atoms with Gasteiger partial charge in [0.05, 0.1) is 0 Å². The summed E-state index contributed by atoms with van der Waals surface area (Å²) in [6.07, 6.45) is -2.86. The van der Waals surface area contributed by atoms with Crippen molar-refractivity contribution in [1.82, 2.24) is 0 Å². The van der Waals surface area contributed by atoms with Gasteiger partial charge < -0.3 is 0 Å². The first-order chi connectivity index (χ1) is 16.5. The summed E-state index contributed by atoms with van der Waals surface area (Å²) in [5, 5.41) is 0. The van der Waals surface area contributed by atoms with Crippen LogP contribution in [-0.2, 0) is 12.8 Å². The van der Waals surface area contributed by atoms with Gasteiger partial charge in [-0.3, -0.25) is 0 Å². The number of halogens is 7. The molecule has 3 aromatic carbocycles. The first-order valence-corrected chi connectivity index (χ1v) is 11.3. The summed E-state index contributed by atoms with van der Waals surface area (Å²) in [7, 11) is 0. The predicted octanol–water partition coefficient (Wildman–Crippen LogP) is 9.17. The smallest absolute Gasteiger partial charge is 0.207 e. The quantitative estimate of drug-likeness (QED) is 0.274. The third kappa shape index (κ3) is 6.96. The molecule has 35 heavy (non-hydrogen) atoms. The van der Waals surface area contributed by atoms with Crippen LogP contribution in [0.15, 0.2) is 54.6 Å². The van der Waals surface area contributed by atoms with Crippen LogP contribution < -0.4 is 0 Å². The second kappa shape index (κ2) is 11.1. The summed E-state index contributed by atoms with van der Waals surface area (Å²) in [5.41, 5.74) is 1.19. The van der Waals surface area contributed by atoms with Crippen molar-refractivity contribution in [3.63, 3.8) is 0 Å². The highest BCUT2D eigenvalue weighted by Crippen LogP contribution is 2.29. The van der Waals surface area contributed by atoms with Gasteiger partial charge >= 0.3 is 6.18 Å². The minimum absolute atomic E-state index is 0.0730. The van der Waals surface area contributed by atoms with Crippen LogP contribution in [0.4, 0.5) is 30.7 Å². The highest BCUT2D eigenvalue weighted by atomic mass is 19.4. The van der Waals surface area contributed by atoms with Crippen LogP contribution in [0.3, 0.4) is 0 Å². The standard InChI is InChI=1S/C28H25F7/c1-3-4-17(2)19-6-8-20(9-7-19)21-15-26(31)22(27(32)16-21)10-5-18-13-24(29)23(25(30)14-18)11-12-28(33,34)35/h6-9,11-17H,3-5,10H2,1-2H3/b12-11+. The average Bonchev–Trinajstić information content (AvgIpc) is 2.77. The Bertz CT molecular complexity index is 1140. The largest absolute Gasteiger partial charge is 0.409 e. The Morgan fingerprint density at radius 3 is 1.86 bits per heavy atom. The molecule has 0 nitrogen and oxygen atoms in total. The first kappa shape index (κ1) is 26.5. The van der Waals surface area contributed by atoms with E-state index >= 15 is 0 Å². The maximum absolute atomic E-state index is 14.7. The molecule has 0 bridgehead atoms. The molecule has 0 aliphatic heterocycles. The van der Waals surface area contributed by atoms with Crippen molar-refractivity contribution < 1.29 is 30.7 Å². The van der Waals surface area contributed by atoms with Gasteiger partial charge in [-0.2, -0.15) is 13.2 Å². The molecule has 0 heterocycles. The van der Waals surface area contributed by atoms with E-state index in [4.69, 9.17) is 0 Å². The summed E-state index contributed by atoms with van der Waals surface area (Å²) in [6.45, 7) is 4.23. The van der Waals surface area contributed by atoms with Gasteiger partial charge in [-0.05, 0) is 77.8 Å². The minimum Gasteiger partial charge on any atom is -0.207 e. The molecule has 0 amide bonds.